The third-order valence-electron chi connectivity index (χ3n) is 3.39. The van der Waals surface area contributed by atoms with Gasteiger partial charge in [0.15, 0.2) is 0 Å². The van der Waals surface area contributed by atoms with Crippen LogP contribution in [0.25, 0.3) is 11.8 Å². The fourth-order valence-electron chi connectivity index (χ4n) is 2.25. The van der Waals surface area contributed by atoms with Crippen LogP contribution in [0.2, 0.25) is 0 Å². The van der Waals surface area contributed by atoms with Crippen molar-refractivity contribution in [3.63, 3.8) is 0 Å². The fraction of sp³-hybridized carbons (Fsp3) is 0.111. The Kier molecular flexibility index (Phi) is 4.10. The Morgan fingerprint density at radius 1 is 1.13 bits per heavy atom. The molecule has 0 radical (unpaired) electrons. The van der Waals surface area contributed by atoms with Gasteiger partial charge in [0.2, 0.25) is 0 Å². The molecule has 2 aromatic rings. The van der Waals surface area contributed by atoms with Gasteiger partial charge in [0.1, 0.15) is 17.3 Å². The summed E-state index contributed by atoms with van der Waals surface area (Å²) in [4.78, 5) is 16.3. The lowest BCUT2D eigenvalue weighted by atomic mass is 10.1. The second kappa shape index (κ2) is 6.36. The van der Waals surface area contributed by atoms with Gasteiger partial charge < -0.3 is 14.2 Å². The molecule has 116 valence electrons. The average Bonchev–Trinajstić information content (AvgIpc) is 2.95. The molecule has 3 rings (SSSR count). The van der Waals surface area contributed by atoms with Gasteiger partial charge in [-0.2, -0.15) is 0 Å². The Morgan fingerprint density at radius 2 is 2.00 bits per heavy atom. The van der Waals surface area contributed by atoms with Crippen molar-refractivity contribution in [3.05, 3.63) is 65.5 Å². The van der Waals surface area contributed by atoms with E-state index in [0.29, 0.717) is 34.1 Å². The van der Waals surface area contributed by atoms with Gasteiger partial charge in [-0.1, -0.05) is 6.07 Å². The monoisotopic (exact) mass is 309 g/mol. The van der Waals surface area contributed by atoms with Crippen molar-refractivity contribution < 1.29 is 19.0 Å². The highest BCUT2D eigenvalue weighted by atomic mass is 16.5. The van der Waals surface area contributed by atoms with Crippen LogP contribution < -0.4 is 9.47 Å². The molecule has 1 aliphatic rings. The van der Waals surface area contributed by atoms with Gasteiger partial charge in [-0.25, -0.2) is 4.79 Å². The van der Waals surface area contributed by atoms with Crippen molar-refractivity contribution in [1.82, 2.24) is 4.98 Å². The summed E-state index contributed by atoms with van der Waals surface area (Å²) in [6.07, 6.45) is 5.03. The summed E-state index contributed by atoms with van der Waals surface area (Å²) in [7, 11) is 3.14. The number of aromatic nitrogens is 1. The second-order valence-corrected chi connectivity index (χ2v) is 4.82. The predicted molar refractivity (Wildman–Crippen MR) is 85.8 cm³/mol. The molecule has 0 N–H and O–H groups in total. The number of hydrogen-bond donors (Lipinski definition) is 0. The van der Waals surface area contributed by atoms with Crippen LogP contribution in [-0.4, -0.2) is 25.2 Å². The summed E-state index contributed by atoms with van der Waals surface area (Å²) in [5.74, 6) is 1.26. The minimum Gasteiger partial charge on any atom is -0.497 e. The molecule has 0 bridgehead atoms. The summed E-state index contributed by atoms with van der Waals surface area (Å²) in [6, 6.07) is 10.8. The Morgan fingerprint density at radius 3 is 2.70 bits per heavy atom. The number of esters is 1. The highest BCUT2D eigenvalue weighted by molar-refractivity contribution is 6.05. The van der Waals surface area contributed by atoms with Gasteiger partial charge in [0.25, 0.3) is 0 Å². The number of pyridine rings is 1. The van der Waals surface area contributed by atoms with Crippen LogP contribution in [0.4, 0.5) is 0 Å². The number of nitrogens with zero attached hydrogens (tertiary/aromatic N) is 1. The average molecular weight is 309 g/mol. The number of carbonyl (C=O) groups excluding carboxylic acids is 1. The summed E-state index contributed by atoms with van der Waals surface area (Å²) in [5.41, 5.74) is 1.78. The summed E-state index contributed by atoms with van der Waals surface area (Å²) in [5, 5.41) is 0. The predicted octanol–water partition coefficient (Wildman–Crippen LogP) is 3.08. The topological polar surface area (TPSA) is 57.7 Å². The van der Waals surface area contributed by atoms with Crippen molar-refractivity contribution >= 4 is 17.8 Å². The quantitative estimate of drug-likeness (QED) is 0.641. The molecule has 0 atom stereocenters. The minimum absolute atomic E-state index is 0.421. The van der Waals surface area contributed by atoms with Crippen molar-refractivity contribution in [3.8, 4) is 11.5 Å². The maximum absolute atomic E-state index is 12.1. The van der Waals surface area contributed by atoms with Crippen LogP contribution in [0.5, 0.6) is 11.5 Å². The largest absolute Gasteiger partial charge is 0.497 e. The van der Waals surface area contributed by atoms with Crippen LogP contribution >= 0.6 is 0 Å². The van der Waals surface area contributed by atoms with E-state index in [-0.39, 0.29) is 0 Å². The smallest absolute Gasteiger partial charge is 0.343 e. The zero-order chi connectivity index (χ0) is 16.2. The molecule has 5 heteroatoms. The van der Waals surface area contributed by atoms with Crippen molar-refractivity contribution in [2.75, 3.05) is 14.2 Å². The molecule has 0 saturated heterocycles. The first kappa shape index (κ1) is 14.8. The molecule has 1 aromatic carbocycles. The number of ether oxygens (including phenoxy) is 3. The van der Waals surface area contributed by atoms with E-state index < -0.39 is 5.97 Å². The lowest BCUT2D eigenvalue weighted by Crippen LogP contribution is -1.99. The molecule has 0 saturated carbocycles. The van der Waals surface area contributed by atoms with E-state index in [2.05, 4.69) is 4.98 Å². The third-order valence-corrected chi connectivity index (χ3v) is 3.39. The van der Waals surface area contributed by atoms with E-state index in [1.165, 1.54) is 0 Å². The van der Waals surface area contributed by atoms with Gasteiger partial charge in [-0.05, 0) is 42.5 Å². The second-order valence-electron chi connectivity index (χ2n) is 4.82. The number of benzene rings is 1. The van der Waals surface area contributed by atoms with Crippen LogP contribution in [-0.2, 0) is 9.53 Å². The number of hydrogen-bond acceptors (Lipinski definition) is 5. The highest BCUT2D eigenvalue weighted by Gasteiger charge is 2.24. The molecule has 0 amide bonds. The third kappa shape index (κ3) is 3.08. The van der Waals surface area contributed by atoms with Crippen LogP contribution in [0.3, 0.4) is 0 Å². The molecule has 5 nitrogen and oxygen atoms in total. The Labute approximate surface area is 133 Å². The highest BCUT2D eigenvalue weighted by Crippen LogP contribution is 2.35. The first-order valence-electron chi connectivity index (χ1n) is 7.00. The first-order chi connectivity index (χ1) is 11.2. The van der Waals surface area contributed by atoms with Crippen molar-refractivity contribution in [2.24, 2.45) is 0 Å². The van der Waals surface area contributed by atoms with Crippen LogP contribution in [0, 0.1) is 0 Å². The van der Waals surface area contributed by atoms with Gasteiger partial charge in [-0.15, -0.1) is 0 Å². The molecule has 0 spiro atoms. The molecule has 23 heavy (non-hydrogen) atoms. The van der Waals surface area contributed by atoms with Gasteiger partial charge in [-0.3, -0.25) is 4.98 Å². The lowest BCUT2D eigenvalue weighted by molar-refractivity contribution is -0.130. The van der Waals surface area contributed by atoms with E-state index in [0.717, 1.165) is 0 Å². The molecule has 0 fully saturated rings. The molecule has 0 aliphatic carbocycles. The number of methoxy groups -OCH3 is 2. The number of rotatable bonds is 4. The summed E-state index contributed by atoms with van der Waals surface area (Å²) < 4.78 is 15.9. The number of carbonyl (C=O) groups is 1. The Hall–Kier alpha value is -3.08. The molecule has 0 unspecified atom stereocenters. The van der Waals surface area contributed by atoms with E-state index in [4.69, 9.17) is 14.2 Å². The van der Waals surface area contributed by atoms with Crippen LogP contribution in [0.15, 0.2) is 54.2 Å². The SMILES string of the molecule is COc1ccc(OC)c(C2=C/C(=C/c3ccccn3)C(=O)O2)c1. The first-order valence-corrected chi connectivity index (χ1v) is 7.00. The molecule has 2 heterocycles. The van der Waals surface area contributed by atoms with Crippen molar-refractivity contribution in [1.29, 1.82) is 0 Å². The van der Waals surface area contributed by atoms with Gasteiger partial charge in [0, 0.05) is 6.20 Å². The van der Waals surface area contributed by atoms with Crippen LogP contribution in [0.1, 0.15) is 11.3 Å². The fourth-order valence-corrected chi connectivity index (χ4v) is 2.25. The molecular formula is C18H15NO4. The van der Waals surface area contributed by atoms with Crippen molar-refractivity contribution in [2.45, 2.75) is 0 Å². The maximum atomic E-state index is 12.1. The molecule has 1 aliphatic heterocycles. The van der Waals surface area contributed by atoms with Gasteiger partial charge >= 0.3 is 5.97 Å². The van der Waals surface area contributed by atoms with E-state index in [1.54, 1.807) is 50.8 Å². The molecular weight excluding hydrogens is 294 g/mol. The van der Waals surface area contributed by atoms with E-state index in [1.807, 2.05) is 18.2 Å². The minimum atomic E-state index is -0.421. The standard InChI is InChI=1S/C18H15NO4/c1-21-14-6-7-16(22-2)15(11-14)17-10-12(18(20)23-17)9-13-5-3-4-8-19-13/h3-11H,1-2H3/b12-9-. The van der Waals surface area contributed by atoms with E-state index >= 15 is 0 Å². The number of cyclic esters (lactones) is 1. The zero-order valence-electron chi connectivity index (χ0n) is 12.8. The Bertz CT molecular complexity index is 794. The normalized spacial score (nSPS) is 15.3. The van der Waals surface area contributed by atoms with Gasteiger partial charge in [0.05, 0.1) is 31.1 Å². The lowest BCUT2D eigenvalue weighted by Gasteiger charge is -2.10. The molecule has 1 aromatic heterocycles. The maximum Gasteiger partial charge on any atom is 0.343 e. The summed E-state index contributed by atoms with van der Waals surface area (Å²) >= 11 is 0. The van der Waals surface area contributed by atoms with E-state index in [9.17, 15) is 4.79 Å². The summed E-state index contributed by atoms with van der Waals surface area (Å²) in [6.45, 7) is 0. The Balaban J connectivity index is 2.00. The zero-order valence-corrected chi connectivity index (χ0v) is 12.8.